The van der Waals surface area contributed by atoms with Gasteiger partial charge in [0.2, 0.25) is 5.91 Å². The molecule has 1 unspecified atom stereocenters. The van der Waals surface area contributed by atoms with Crippen molar-refractivity contribution in [3.63, 3.8) is 0 Å². The predicted octanol–water partition coefficient (Wildman–Crippen LogP) is 0.141. The van der Waals surface area contributed by atoms with Crippen LogP contribution in [0.2, 0.25) is 0 Å². The van der Waals surface area contributed by atoms with Gasteiger partial charge in [0, 0.05) is 32.7 Å². The molecule has 0 bridgehead atoms. The summed E-state index contributed by atoms with van der Waals surface area (Å²) in [5.41, 5.74) is 5.47. The summed E-state index contributed by atoms with van der Waals surface area (Å²) in [6.07, 6.45) is 1.60. The van der Waals surface area contributed by atoms with Gasteiger partial charge < -0.3 is 20.5 Å². The number of hydrogen-bond acceptors (Lipinski definition) is 4. The summed E-state index contributed by atoms with van der Waals surface area (Å²) in [5, 5.41) is 2.85. The zero-order chi connectivity index (χ0) is 12.2. The average Bonchev–Trinajstić information content (AvgIpc) is 2.29. The minimum absolute atomic E-state index is 0.0434. The molecule has 0 rings (SSSR count). The van der Waals surface area contributed by atoms with Crippen LogP contribution in [-0.4, -0.2) is 45.9 Å². The first-order chi connectivity index (χ1) is 7.76. The first kappa shape index (κ1) is 15.3. The quantitative estimate of drug-likeness (QED) is 0.525. The van der Waals surface area contributed by atoms with Crippen molar-refractivity contribution in [2.45, 2.75) is 19.8 Å². The van der Waals surface area contributed by atoms with E-state index in [1.54, 1.807) is 7.11 Å². The van der Waals surface area contributed by atoms with Crippen molar-refractivity contribution in [3.8, 4) is 0 Å². The van der Waals surface area contributed by atoms with Gasteiger partial charge in [-0.2, -0.15) is 0 Å². The molecule has 3 N–H and O–H groups in total. The van der Waals surface area contributed by atoms with Gasteiger partial charge in [-0.15, -0.1) is 0 Å². The second-order valence-electron chi connectivity index (χ2n) is 3.59. The lowest BCUT2D eigenvalue weighted by Crippen LogP contribution is -2.35. The minimum Gasteiger partial charge on any atom is -0.382 e. The Morgan fingerprint density at radius 1 is 1.38 bits per heavy atom. The van der Waals surface area contributed by atoms with Gasteiger partial charge in [0.15, 0.2) is 0 Å². The molecule has 0 aliphatic rings. The van der Waals surface area contributed by atoms with Crippen molar-refractivity contribution in [3.05, 3.63) is 0 Å². The van der Waals surface area contributed by atoms with Crippen LogP contribution < -0.4 is 11.1 Å². The Kier molecular flexibility index (Phi) is 10.4. The summed E-state index contributed by atoms with van der Waals surface area (Å²) < 4.78 is 10.1. The molecular weight excluding hydrogens is 208 g/mol. The Hall–Kier alpha value is -0.650. The van der Waals surface area contributed by atoms with Crippen LogP contribution in [0.3, 0.4) is 0 Å². The van der Waals surface area contributed by atoms with Crippen molar-refractivity contribution in [2.75, 3.05) is 40.0 Å². The van der Waals surface area contributed by atoms with Crippen LogP contribution in [0.4, 0.5) is 0 Å². The Labute approximate surface area is 97.7 Å². The number of hydrogen-bond donors (Lipinski definition) is 2. The van der Waals surface area contributed by atoms with E-state index in [-0.39, 0.29) is 11.8 Å². The van der Waals surface area contributed by atoms with E-state index in [2.05, 4.69) is 5.32 Å². The number of nitrogens with one attached hydrogen (secondary N) is 1. The Morgan fingerprint density at radius 2 is 2.12 bits per heavy atom. The summed E-state index contributed by atoms with van der Waals surface area (Å²) in [7, 11) is 1.64. The summed E-state index contributed by atoms with van der Waals surface area (Å²) in [6.45, 7) is 4.87. The molecule has 1 atom stereocenters. The van der Waals surface area contributed by atoms with E-state index in [1.807, 2.05) is 6.92 Å². The average molecular weight is 232 g/mol. The zero-order valence-electron chi connectivity index (χ0n) is 10.3. The number of carbonyl (C=O) groups excluding carboxylic acids is 1. The summed E-state index contributed by atoms with van der Waals surface area (Å²) >= 11 is 0. The fourth-order valence-corrected chi connectivity index (χ4v) is 1.23. The molecule has 16 heavy (non-hydrogen) atoms. The molecule has 5 nitrogen and oxygen atoms in total. The number of amides is 1. The number of carbonyl (C=O) groups is 1. The molecule has 0 aliphatic carbocycles. The van der Waals surface area contributed by atoms with E-state index in [4.69, 9.17) is 15.2 Å². The lowest BCUT2D eigenvalue weighted by Gasteiger charge is -2.12. The fourth-order valence-electron chi connectivity index (χ4n) is 1.23. The van der Waals surface area contributed by atoms with Crippen LogP contribution in [0.15, 0.2) is 0 Å². The van der Waals surface area contributed by atoms with Gasteiger partial charge >= 0.3 is 0 Å². The van der Waals surface area contributed by atoms with E-state index < -0.39 is 0 Å². The normalized spacial score (nSPS) is 12.4. The maximum Gasteiger partial charge on any atom is 0.224 e. The van der Waals surface area contributed by atoms with Crippen LogP contribution in [0.25, 0.3) is 0 Å². The standard InChI is InChI=1S/C11H24N2O3/c1-3-10(9-12)11(14)13-5-4-6-16-8-7-15-2/h10H,3-9,12H2,1-2H3,(H,13,14). The summed E-state index contributed by atoms with van der Waals surface area (Å²) in [5.74, 6) is -0.0173. The van der Waals surface area contributed by atoms with Gasteiger partial charge in [-0.25, -0.2) is 0 Å². The molecule has 0 aromatic heterocycles. The van der Waals surface area contributed by atoms with Gasteiger partial charge in [-0.05, 0) is 12.8 Å². The Bertz CT molecular complexity index is 173. The molecule has 0 aromatic rings. The summed E-state index contributed by atoms with van der Waals surface area (Å²) in [6, 6.07) is 0. The van der Waals surface area contributed by atoms with Gasteiger partial charge in [-0.3, -0.25) is 4.79 Å². The smallest absolute Gasteiger partial charge is 0.224 e. The molecule has 5 heteroatoms. The monoisotopic (exact) mass is 232 g/mol. The molecular formula is C11H24N2O3. The second kappa shape index (κ2) is 10.9. The summed E-state index contributed by atoms with van der Waals surface area (Å²) in [4.78, 5) is 11.5. The number of nitrogens with two attached hydrogens (primary N) is 1. The molecule has 0 spiro atoms. The lowest BCUT2D eigenvalue weighted by atomic mass is 10.1. The van der Waals surface area contributed by atoms with Crippen molar-refractivity contribution < 1.29 is 14.3 Å². The van der Waals surface area contributed by atoms with Crippen molar-refractivity contribution >= 4 is 5.91 Å². The van der Waals surface area contributed by atoms with Crippen molar-refractivity contribution in [2.24, 2.45) is 11.7 Å². The molecule has 0 saturated heterocycles. The highest BCUT2D eigenvalue weighted by Gasteiger charge is 2.12. The maximum absolute atomic E-state index is 11.5. The first-order valence-corrected chi connectivity index (χ1v) is 5.80. The van der Waals surface area contributed by atoms with Gasteiger partial charge in [-0.1, -0.05) is 6.92 Å². The van der Waals surface area contributed by atoms with Crippen LogP contribution in [0, 0.1) is 5.92 Å². The van der Waals surface area contributed by atoms with Crippen LogP contribution >= 0.6 is 0 Å². The topological polar surface area (TPSA) is 73.6 Å². The molecule has 96 valence electrons. The molecule has 0 saturated carbocycles. The highest BCUT2D eigenvalue weighted by atomic mass is 16.5. The molecule has 0 aliphatic heterocycles. The predicted molar refractivity (Wildman–Crippen MR) is 63.2 cm³/mol. The molecule has 0 aromatic carbocycles. The third-order valence-corrected chi connectivity index (χ3v) is 2.34. The first-order valence-electron chi connectivity index (χ1n) is 5.80. The van der Waals surface area contributed by atoms with E-state index in [9.17, 15) is 4.79 Å². The van der Waals surface area contributed by atoms with E-state index in [1.165, 1.54) is 0 Å². The van der Waals surface area contributed by atoms with E-state index in [0.717, 1.165) is 12.8 Å². The van der Waals surface area contributed by atoms with E-state index >= 15 is 0 Å². The third kappa shape index (κ3) is 7.62. The molecule has 0 radical (unpaired) electrons. The highest BCUT2D eigenvalue weighted by Crippen LogP contribution is 1.99. The Morgan fingerprint density at radius 3 is 2.69 bits per heavy atom. The third-order valence-electron chi connectivity index (χ3n) is 2.34. The zero-order valence-corrected chi connectivity index (χ0v) is 10.3. The van der Waals surface area contributed by atoms with Crippen molar-refractivity contribution in [1.29, 1.82) is 0 Å². The maximum atomic E-state index is 11.5. The SMILES string of the molecule is CCC(CN)C(=O)NCCCOCCOC. The number of ether oxygens (including phenoxy) is 2. The fraction of sp³-hybridized carbons (Fsp3) is 0.909. The Balaban J connectivity index is 3.33. The molecule has 0 heterocycles. The molecule has 0 fully saturated rings. The van der Waals surface area contributed by atoms with Crippen LogP contribution in [0.1, 0.15) is 19.8 Å². The van der Waals surface area contributed by atoms with Gasteiger partial charge in [0.05, 0.1) is 13.2 Å². The van der Waals surface area contributed by atoms with E-state index in [0.29, 0.717) is 32.9 Å². The van der Waals surface area contributed by atoms with Crippen LogP contribution in [0.5, 0.6) is 0 Å². The number of rotatable bonds is 10. The minimum atomic E-state index is -0.0607. The van der Waals surface area contributed by atoms with Gasteiger partial charge in [0.1, 0.15) is 0 Å². The largest absolute Gasteiger partial charge is 0.382 e. The van der Waals surface area contributed by atoms with Gasteiger partial charge in [0.25, 0.3) is 0 Å². The second-order valence-corrected chi connectivity index (χ2v) is 3.59. The lowest BCUT2D eigenvalue weighted by molar-refractivity contribution is -0.124. The van der Waals surface area contributed by atoms with Crippen LogP contribution in [-0.2, 0) is 14.3 Å². The molecule has 1 amide bonds. The number of methoxy groups -OCH3 is 1. The van der Waals surface area contributed by atoms with Crippen molar-refractivity contribution in [1.82, 2.24) is 5.32 Å². The highest BCUT2D eigenvalue weighted by molar-refractivity contribution is 5.78.